The molecule has 2 aromatic carbocycles. The van der Waals surface area contributed by atoms with Crippen molar-refractivity contribution >= 4 is 5.91 Å². The van der Waals surface area contributed by atoms with Crippen LogP contribution in [0.4, 0.5) is 4.39 Å². The summed E-state index contributed by atoms with van der Waals surface area (Å²) in [5, 5.41) is 19.3. The number of benzene rings is 2. The first-order valence-corrected chi connectivity index (χ1v) is 8.62. The zero-order valence-corrected chi connectivity index (χ0v) is 14.0. The van der Waals surface area contributed by atoms with Gasteiger partial charge in [0.2, 0.25) is 0 Å². The lowest BCUT2D eigenvalue weighted by molar-refractivity contribution is 0.0598. The molecule has 0 aliphatic carbocycles. The molecule has 25 heavy (non-hydrogen) atoms. The molecule has 132 valence electrons. The maximum atomic E-state index is 13.5. The van der Waals surface area contributed by atoms with E-state index in [1.165, 1.54) is 6.07 Å². The van der Waals surface area contributed by atoms with Gasteiger partial charge in [0.15, 0.2) is 0 Å². The molecule has 1 fully saturated rings. The Balaban J connectivity index is 1.72. The van der Waals surface area contributed by atoms with Crippen molar-refractivity contribution in [3.63, 3.8) is 0 Å². The summed E-state index contributed by atoms with van der Waals surface area (Å²) < 4.78 is 13.5. The number of aromatic hydroxyl groups is 2. The first-order valence-electron chi connectivity index (χ1n) is 8.62. The fourth-order valence-corrected chi connectivity index (χ4v) is 3.40. The molecule has 1 aliphatic rings. The first-order chi connectivity index (χ1) is 12.0. The molecular weight excluding hydrogens is 321 g/mol. The summed E-state index contributed by atoms with van der Waals surface area (Å²) in [6.07, 6.45) is 4.47. The lowest BCUT2D eigenvalue weighted by Gasteiger charge is -2.36. The molecule has 1 atom stereocenters. The zero-order chi connectivity index (χ0) is 17.8. The summed E-state index contributed by atoms with van der Waals surface area (Å²) in [5.41, 5.74) is 1.13. The third kappa shape index (κ3) is 4.10. The zero-order valence-electron chi connectivity index (χ0n) is 14.0. The van der Waals surface area contributed by atoms with Crippen molar-refractivity contribution in [1.82, 2.24) is 4.90 Å². The SMILES string of the molecule is O=C(c1cc(F)ccc1O)N1CCCC[C@@H]1CCc1ccc(O)cc1. The number of piperidine rings is 1. The predicted molar refractivity (Wildman–Crippen MR) is 93.2 cm³/mol. The Morgan fingerprint density at radius 1 is 1.12 bits per heavy atom. The van der Waals surface area contributed by atoms with Crippen molar-refractivity contribution in [3.05, 3.63) is 59.4 Å². The van der Waals surface area contributed by atoms with Crippen LogP contribution in [0, 0.1) is 5.82 Å². The molecule has 0 bridgehead atoms. The fraction of sp³-hybridized carbons (Fsp3) is 0.350. The number of hydrogen-bond donors (Lipinski definition) is 2. The fourth-order valence-electron chi connectivity index (χ4n) is 3.40. The molecule has 4 nitrogen and oxygen atoms in total. The summed E-state index contributed by atoms with van der Waals surface area (Å²) in [4.78, 5) is 14.6. The number of nitrogens with zero attached hydrogens (tertiary/aromatic N) is 1. The molecule has 0 spiro atoms. The van der Waals surface area contributed by atoms with Crippen LogP contribution in [0.5, 0.6) is 11.5 Å². The molecule has 2 N–H and O–H groups in total. The lowest BCUT2D eigenvalue weighted by Crippen LogP contribution is -2.44. The minimum atomic E-state index is -0.529. The number of rotatable bonds is 4. The molecule has 1 saturated heterocycles. The number of likely N-dealkylation sites (tertiary alicyclic amines) is 1. The number of carbonyl (C=O) groups excluding carboxylic acids is 1. The van der Waals surface area contributed by atoms with E-state index in [2.05, 4.69) is 0 Å². The standard InChI is InChI=1S/C20H22FNO3/c21-15-7-11-19(24)18(13-15)20(25)22-12-2-1-3-16(22)8-4-14-5-9-17(23)10-6-14/h5-7,9-11,13,16,23-24H,1-4,8,12H2/t16-/m1/s1. The van der Waals surface area contributed by atoms with E-state index in [0.717, 1.165) is 49.8 Å². The van der Waals surface area contributed by atoms with Crippen LogP contribution in [0.25, 0.3) is 0 Å². The number of carbonyl (C=O) groups is 1. The van der Waals surface area contributed by atoms with Gasteiger partial charge in [0.25, 0.3) is 5.91 Å². The first kappa shape index (κ1) is 17.3. The van der Waals surface area contributed by atoms with E-state index in [1.807, 2.05) is 12.1 Å². The van der Waals surface area contributed by atoms with Crippen LogP contribution >= 0.6 is 0 Å². The molecule has 2 aromatic rings. The second kappa shape index (κ2) is 7.55. The number of phenols is 2. The van der Waals surface area contributed by atoms with Gasteiger partial charge in [0.05, 0.1) is 5.56 Å². The normalized spacial score (nSPS) is 17.5. The average molecular weight is 343 g/mol. The Morgan fingerprint density at radius 3 is 2.64 bits per heavy atom. The van der Waals surface area contributed by atoms with Crippen molar-refractivity contribution in [3.8, 4) is 11.5 Å². The van der Waals surface area contributed by atoms with E-state index >= 15 is 0 Å². The van der Waals surface area contributed by atoms with Crippen LogP contribution in [-0.4, -0.2) is 33.6 Å². The highest BCUT2D eigenvalue weighted by molar-refractivity contribution is 5.97. The maximum Gasteiger partial charge on any atom is 0.257 e. The van der Waals surface area contributed by atoms with Crippen molar-refractivity contribution in [1.29, 1.82) is 0 Å². The van der Waals surface area contributed by atoms with Crippen LogP contribution in [0.2, 0.25) is 0 Å². The van der Waals surface area contributed by atoms with Gasteiger partial charge >= 0.3 is 0 Å². The van der Waals surface area contributed by atoms with Crippen molar-refractivity contribution in [2.24, 2.45) is 0 Å². The van der Waals surface area contributed by atoms with Crippen LogP contribution in [-0.2, 0) is 6.42 Å². The van der Waals surface area contributed by atoms with Gasteiger partial charge in [-0.25, -0.2) is 4.39 Å². The summed E-state index contributed by atoms with van der Waals surface area (Å²) in [6.45, 7) is 0.620. The van der Waals surface area contributed by atoms with Crippen LogP contribution in [0.15, 0.2) is 42.5 Å². The van der Waals surface area contributed by atoms with Crippen LogP contribution in [0.1, 0.15) is 41.6 Å². The highest BCUT2D eigenvalue weighted by Crippen LogP contribution is 2.27. The van der Waals surface area contributed by atoms with Crippen molar-refractivity contribution in [2.45, 2.75) is 38.1 Å². The number of aryl methyl sites for hydroxylation is 1. The van der Waals surface area contributed by atoms with Gasteiger partial charge in [-0.15, -0.1) is 0 Å². The van der Waals surface area contributed by atoms with E-state index in [-0.39, 0.29) is 29.0 Å². The number of phenolic OH excluding ortho intramolecular Hbond substituents is 2. The Kier molecular flexibility index (Phi) is 5.22. The molecule has 0 radical (unpaired) electrons. The topological polar surface area (TPSA) is 60.8 Å². The number of hydrogen-bond acceptors (Lipinski definition) is 3. The number of halogens is 1. The second-order valence-corrected chi connectivity index (χ2v) is 6.51. The smallest absolute Gasteiger partial charge is 0.257 e. The van der Waals surface area contributed by atoms with Gasteiger partial charge in [-0.2, -0.15) is 0 Å². The molecule has 1 amide bonds. The van der Waals surface area contributed by atoms with Gasteiger partial charge in [-0.05, 0) is 68.0 Å². The van der Waals surface area contributed by atoms with Gasteiger partial charge in [0, 0.05) is 12.6 Å². The van der Waals surface area contributed by atoms with E-state index in [1.54, 1.807) is 17.0 Å². The molecule has 1 heterocycles. The summed E-state index contributed by atoms with van der Waals surface area (Å²) >= 11 is 0. The largest absolute Gasteiger partial charge is 0.508 e. The van der Waals surface area contributed by atoms with Crippen molar-refractivity contribution in [2.75, 3.05) is 6.54 Å². The minimum absolute atomic E-state index is 0.0246. The molecule has 3 rings (SSSR count). The Bertz CT molecular complexity index is 745. The third-order valence-corrected chi connectivity index (χ3v) is 4.78. The molecule has 0 unspecified atom stereocenters. The summed E-state index contributed by atoms with van der Waals surface area (Å²) in [7, 11) is 0. The van der Waals surface area contributed by atoms with E-state index in [9.17, 15) is 19.4 Å². The summed E-state index contributed by atoms with van der Waals surface area (Å²) in [6, 6.07) is 10.6. The molecule has 0 aromatic heterocycles. The summed E-state index contributed by atoms with van der Waals surface area (Å²) in [5.74, 6) is -0.791. The number of amides is 1. The second-order valence-electron chi connectivity index (χ2n) is 6.51. The quantitative estimate of drug-likeness (QED) is 0.886. The van der Waals surface area contributed by atoms with Crippen LogP contribution < -0.4 is 0 Å². The maximum absolute atomic E-state index is 13.5. The van der Waals surface area contributed by atoms with Gasteiger partial charge < -0.3 is 15.1 Å². The third-order valence-electron chi connectivity index (χ3n) is 4.78. The van der Waals surface area contributed by atoms with Crippen molar-refractivity contribution < 1.29 is 19.4 Å². The average Bonchev–Trinajstić information content (AvgIpc) is 2.63. The highest BCUT2D eigenvalue weighted by Gasteiger charge is 2.28. The lowest BCUT2D eigenvalue weighted by atomic mass is 9.95. The van der Waals surface area contributed by atoms with Gasteiger partial charge in [-0.1, -0.05) is 12.1 Å². The molecule has 0 saturated carbocycles. The van der Waals surface area contributed by atoms with E-state index in [4.69, 9.17) is 0 Å². The Hall–Kier alpha value is -2.56. The van der Waals surface area contributed by atoms with E-state index < -0.39 is 5.82 Å². The predicted octanol–water partition coefficient (Wildman–Crippen LogP) is 3.86. The monoisotopic (exact) mass is 343 g/mol. The van der Waals surface area contributed by atoms with Gasteiger partial charge in [0.1, 0.15) is 17.3 Å². The molecule has 1 aliphatic heterocycles. The van der Waals surface area contributed by atoms with E-state index in [0.29, 0.717) is 6.54 Å². The Labute approximate surface area is 146 Å². The highest BCUT2D eigenvalue weighted by atomic mass is 19.1. The van der Waals surface area contributed by atoms with Gasteiger partial charge in [-0.3, -0.25) is 4.79 Å². The molecular formula is C20H22FNO3. The minimum Gasteiger partial charge on any atom is -0.508 e. The Morgan fingerprint density at radius 2 is 1.88 bits per heavy atom. The van der Waals surface area contributed by atoms with Crippen LogP contribution in [0.3, 0.4) is 0 Å². The molecule has 5 heteroatoms.